The van der Waals surface area contributed by atoms with Gasteiger partial charge in [0.25, 0.3) is 5.91 Å². The summed E-state index contributed by atoms with van der Waals surface area (Å²) in [5.41, 5.74) is 4.71. The topological polar surface area (TPSA) is 59.6 Å². The van der Waals surface area contributed by atoms with E-state index in [1.165, 1.54) is 5.56 Å². The summed E-state index contributed by atoms with van der Waals surface area (Å²) in [7, 11) is 0. The van der Waals surface area contributed by atoms with Gasteiger partial charge in [0.2, 0.25) is 6.79 Å². The second kappa shape index (κ2) is 6.49. The number of fused-ring (bicyclic) bond motifs is 1. The lowest BCUT2D eigenvalue weighted by Crippen LogP contribution is -2.34. The number of anilines is 1. The van der Waals surface area contributed by atoms with Crippen LogP contribution < -0.4 is 20.1 Å². The summed E-state index contributed by atoms with van der Waals surface area (Å²) < 4.78 is 10.5. The number of rotatable bonds is 2. The van der Waals surface area contributed by atoms with Gasteiger partial charge in [0.15, 0.2) is 16.6 Å². The third kappa shape index (κ3) is 3.33. The number of nitrogens with one attached hydrogen (secondary N) is 2. The predicted octanol–water partition coefficient (Wildman–Crippen LogP) is 3.47. The van der Waals surface area contributed by atoms with Crippen LogP contribution in [0, 0.1) is 20.8 Å². The SMILES string of the molecule is Cc1cc(C)c(NC(=S)NC(=O)c2ccc3c(c2)OCO3)c(C)c1. The van der Waals surface area contributed by atoms with E-state index in [4.69, 9.17) is 21.7 Å². The standard InChI is InChI=1S/C18H18N2O3S/c1-10-6-11(2)16(12(3)7-10)19-18(24)20-17(21)13-4-5-14-15(8-13)23-9-22-14/h4-8H,9H2,1-3H3,(H2,19,20,21,24). The Balaban J connectivity index is 1.70. The van der Waals surface area contributed by atoms with E-state index in [9.17, 15) is 4.79 Å². The minimum absolute atomic E-state index is 0.173. The molecule has 1 aliphatic heterocycles. The van der Waals surface area contributed by atoms with Crippen LogP contribution in [-0.4, -0.2) is 17.8 Å². The molecule has 0 unspecified atom stereocenters. The molecule has 2 aromatic rings. The normalized spacial score (nSPS) is 12.0. The molecule has 6 heteroatoms. The summed E-state index contributed by atoms with van der Waals surface area (Å²) in [6, 6.07) is 9.16. The fourth-order valence-electron chi connectivity index (χ4n) is 2.74. The first-order valence-corrected chi connectivity index (χ1v) is 7.94. The Labute approximate surface area is 146 Å². The van der Waals surface area contributed by atoms with Crippen molar-refractivity contribution in [1.29, 1.82) is 0 Å². The zero-order valence-electron chi connectivity index (χ0n) is 13.7. The van der Waals surface area contributed by atoms with Crippen molar-refractivity contribution in [3.05, 3.63) is 52.6 Å². The van der Waals surface area contributed by atoms with Gasteiger partial charge >= 0.3 is 0 Å². The van der Waals surface area contributed by atoms with Crippen LogP contribution in [0.2, 0.25) is 0 Å². The van der Waals surface area contributed by atoms with Crippen LogP contribution >= 0.6 is 12.2 Å². The van der Waals surface area contributed by atoms with E-state index in [2.05, 4.69) is 22.8 Å². The molecule has 0 radical (unpaired) electrons. The van der Waals surface area contributed by atoms with Crippen molar-refractivity contribution in [2.75, 3.05) is 12.1 Å². The van der Waals surface area contributed by atoms with E-state index in [0.717, 1.165) is 16.8 Å². The molecule has 2 aromatic carbocycles. The molecule has 1 aliphatic rings. The fraction of sp³-hybridized carbons (Fsp3) is 0.222. The van der Waals surface area contributed by atoms with E-state index in [-0.39, 0.29) is 17.8 Å². The Bertz CT molecular complexity index is 810. The molecule has 0 atom stereocenters. The molecule has 0 aliphatic carbocycles. The molecule has 0 fully saturated rings. The summed E-state index contributed by atoms with van der Waals surface area (Å²) in [6.45, 7) is 6.23. The van der Waals surface area contributed by atoms with E-state index in [0.29, 0.717) is 17.1 Å². The van der Waals surface area contributed by atoms with Crippen molar-refractivity contribution >= 4 is 28.9 Å². The van der Waals surface area contributed by atoms with E-state index in [1.807, 2.05) is 20.8 Å². The molecule has 5 nitrogen and oxygen atoms in total. The highest BCUT2D eigenvalue weighted by atomic mass is 32.1. The van der Waals surface area contributed by atoms with Gasteiger partial charge in [-0.05, 0) is 62.3 Å². The van der Waals surface area contributed by atoms with Crippen molar-refractivity contribution in [1.82, 2.24) is 5.32 Å². The lowest BCUT2D eigenvalue weighted by atomic mass is 10.1. The summed E-state index contributed by atoms with van der Waals surface area (Å²) in [6.07, 6.45) is 0. The van der Waals surface area contributed by atoms with Gasteiger partial charge in [-0.25, -0.2) is 0 Å². The summed E-state index contributed by atoms with van der Waals surface area (Å²) in [4.78, 5) is 12.3. The Hall–Kier alpha value is -2.60. The van der Waals surface area contributed by atoms with Crippen molar-refractivity contribution < 1.29 is 14.3 Å². The van der Waals surface area contributed by atoms with E-state index in [1.54, 1.807) is 18.2 Å². The van der Waals surface area contributed by atoms with Crippen LogP contribution in [-0.2, 0) is 0 Å². The quantitative estimate of drug-likeness (QED) is 0.819. The summed E-state index contributed by atoms with van der Waals surface area (Å²) in [5, 5.41) is 6.05. The Kier molecular flexibility index (Phi) is 4.40. The summed E-state index contributed by atoms with van der Waals surface area (Å²) in [5.74, 6) is 0.901. The molecule has 0 bridgehead atoms. The first-order chi connectivity index (χ1) is 11.4. The lowest BCUT2D eigenvalue weighted by molar-refractivity contribution is 0.0977. The molecule has 2 N–H and O–H groups in total. The third-order valence-electron chi connectivity index (χ3n) is 3.78. The first-order valence-electron chi connectivity index (χ1n) is 7.54. The maximum absolute atomic E-state index is 12.3. The van der Waals surface area contributed by atoms with Crippen LogP contribution in [0.4, 0.5) is 5.69 Å². The van der Waals surface area contributed by atoms with Gasteiger partial charge in [-0.1, -0.05) is 17.7 Å². The summed E-state index contributed by atoms with van der Waals surface area (Å²) >= 11 is 5.26. The molecule has 0 spiro atoms. The number of ether oxygens (including phenoxy) is 2. The van der Waals surface area contributed by atoms with Crippen LogP contribution in [0.5, 0.6) is 11.5 Å². The Morgan fingerprint density at radius 3 is 2.42 bits per heavy atom. The minimum Gasteiger partial charge on any atom is -0.454 e. The van der Waals surface area contributed by atoms with Crippen LogP contribution in [0.15, 0.2) is 30.3 Å². The van der Waals surface area contributed by atoms with Gasteiger partial charge in [-0.3, -0.25) is 10.1 Å². The average molecular weight is 342 g/mol. The second-order valence-corrected chi connectivity index (χ2v) is 6.16. The van der Waals surface area contributed by atoms with Gasteiger partial charge in [-0.15, -0.1) is 0 Å². The predicted molar refractivity (Wildman–Crippen MR) is 96.9 cm³/mol. The maximum atomic E-state index is 12.3. The molecule has 1 heterocycles. The first kappa shape index (κ1) is 16.3. The highest BCUT2D eigenvalue weighted by Gasteiger charge is 2.17. The molecule has 24 heavy (non-hydrogen) atoms. The molecule has 124 valence electrons. The van der Waals surface area contributed by atoms with Crippen LogP contribution in [0.3, 0.4) is 0 Å². The van der Waals surface area contributed by atoms with Crippen molar-refractivity contribution in [3.63, 3.8) is 0 Å². The molecular formula is C18H18N2O3S. The molecule has 0 saturated heterocycles. The monoisotopic (exact) mass is 342 g/mol. The molecule has 1 amide bonds. The number of benzene rings is 2. The van der Waals surface area contributed by atoms with Gasteiger partial charge in [0, 0.05) is 11.3 Å². The zero-order valence-corrected chi connectivity index (χ0v) is 14.5. The smallest absolute Gasteiger partial charge is 0.257 e. The molecule has 3 rings (SSSR count). The number of hydrogen-bond acceptors (Lipinski definition) is 4. The van der Waals surface area contributed by atoms with Crippen LogP contribution in [0.25, 0.3) is 0 Å². The number of aryl methyl sites for hydroxylation is 3. The highest BCUT2D eigenvalue weighted by Crippen LogP contribution is 2.32. The number of thiocarbonyl (C=S) groups is 1. The number of carbonyl (C=O) groups is 1. The largest absolute Gasteiger partial charge is 0.454 e. The Morgan fingerprint density at radius 1 is 1.04 bits per heavy atom. The van der Waals surface area contributed by atoms with Gasteiger partial charge < -0.3 is 14.8 Å². The zero-order chi connectivity index (χ0) is 17.3. The Morgan fingerprint density at radius 2 is 1.71 bits per heavy atom. The molecular weight excluding hydrogens is 324 g/mol. The lowest BCUT2D eigenvalue weighted by Gasteiger charge is -2.15. The molecule has 0 saturated carbocycles. The van der Waals surface area contributed by atoms with Gasteiger partial charge in [-0.2, -0.15) is 0 Å². The maximum Gasteiger partial charge on any atom is 0.257 e. The van der Waals surface area contributed by atoms with Gasteiger partial charge in [0.05, 0.1) is 0 Å². The van der Waals surface area contributed by atoms with Crippen molar-refractivity contribution in [2.45, 2.75) is 20.8 Å². The van der Waals surface area contributed by atoms with Crippen LogP contribution in [0.1, 0.15) is 27.0 Å². The number of hydrogen-bond donors (Lipinski definition) is 2. The molecule has 0 aromatic heterocycles. The highest BCUT2D eigenvalue weighted by molar-refractivity contribution is 7.80. The van der Waals surface area contributed by atoms with E-state index >= 15 is 0 Å². The van der Waals surface area contributed by atoms with Crippen molar-refractivity contribution in [3.8, 4) is 11.5 Å². The number of amides is 1. The second-order valence-electron chi connectivity index (χ2n) is 5.75. The minimum atomic E-state index is -0.298. The third-order valence-corrected chi connectivity index (χ3v) is 3.98. The van der Waals surface area contributed by atoms with Gasteiger partial charge in [0.1, 0.15) is 0 Å². The number of carbonyl (C=O) groups excluding carboxylic acids is 1. The van der Waals surface area contributed by atoms with Crippen molar-refractivity contribution in [2.24, 2.45) is 0 Å². The van der Waals surface area contributed by atoms with E-state index < -0.39 is 0 Å². The fourth-order valence-corrected chi connectivity index (χ4v) is 2.93. The average Bonchev–Trinajstić information content (AvgIpc) is 2.98.